The van der Waals surface area contributed by atoms with Crippen LogP contribution in [0, 0.1) is 11.8 Å². The zero-order chi connectivity index (χ0) is 15.0. The summed E-state index contributed by atoms with van der Waals surface area (Å²) in [6, 6.07) is 0.302. The highest BCUT2D eigenvalue weighted by molar-refractivity contribution is 6.05. The first-order valence-corrected chi connectivity index (χ1v) is 8.70. The van der Waals surface area contributed by atoms with Gasteiger partial charge in [0.05, 0.1) is 12.5 Å². The lowest BCUT2D eigenvalue weighted by molar-refractivity contribution is -0.142. The predicted octanol–water partition coefficient (Wildman–Crippen LogP) is 2.47. The quantitative estimate of drug-likeness (QED) is 0.813. The minimum atomic E-state index is -0.267. The van der Waals surface area contributed by atoms with E-state index in [1.807, 2.05) is 0 Å². The summed E-state index contributed by atoms with van der Waals surface area (Å²) in [6.45, 7) is 4.54. The maximum atomic E-state index is 12.6. The molecule has 1 saturated heterocycles. The molecule has 0 radical (unpaired) electrons. The second kappa shape index (κ2) is 6.07. The zero-order valence-electron chi connectivity index (χ0n) is 13.3. The van der Waals surface area contributed by atoms with Gasteiger partial charge in [0.25, 0.3) is 0 Å². The van der Waals surface area contributed by atoms with Crippen molar-refractivity contribution in [3.8, 4) is 0 Å². The Labute approximate surface area is 127 Å². The van der Waals surface area contributed by atoms with Crippen LogP contribution in [-0.4, -0.2) is 34.8 Å². The SMILES string of the molecule is CC1CCC(NC2CC(=O)N(C3CCCCC3)C2=O)C1C. The molecule has 3 rings (SSSR count). The van der Waals surface area contributed by atoms with E-state index in [1.165, 1.54) is 12.8 Å². The molecule has 0 aromatic carbocycles. The van der Waals surface area contributed by atoms with E-state index in [9.17, 15) is 9.59 Å². The van der Waals surface area contributed by atoms with Crippen LogP contribution in [0.4, 0.5) is 0 Å². The van der Waals surface area contributed by atoms with Crippen molar-refractivity contribution in [2.45, 2.75) is 83.3 Å². The first kappa shape index (κ1) is 15.0. The standard InChI is InChI=1S/C17H28N2O2/c1-11-8-9-14(12(11)2)18-15-10-16(20)19(17(15)21)13-6-4-3-5-7-13/h11-15,18H,3-10H2,1-2H3. The van der Waals surface area contributed by atoms with E-state index >= 15 is 0 Å². The fourth-order valence-corrected chi connectivity index (χ4v) is 4.36. The van der Waals surface area contributed by atoms with Gasteiger partial charge in [-0.1, -0.05) is 33.1 Å². The van der Waals surface area contributed by atoms with E-state index in [1.54, 1.807) is 4.90 Å². The first-order valence-electron chi connectivity index (χ1n) is 8.70. The summed E-state index contributed by atoms with van der Waals surface area (Å²) in [5.41, 5.74) is 0. The molecule has 2 aliphatic carbocycles. The highest BCUT2D eigenvalue weighted by Crippen LogP contribution is 2.33. The van der Waals surface area contributed by atoms with Gasteiger partial charge in [-0.15, -0.1) is 0 Å². The average molecular weight is 292 g/mol. The van der Waals surface area contributed by atoms with Crippen LogP contribution in [0.25, 0.3) is 0 Å². The summed E-state index contributed by atoms with van der Waals surface area (Å²) in [5.74, 6) is 1.39. The number of imide groups is 1. The van der Waals surface area contributed by atoms with Gasteiger partial charge in [-0.2, -0.15) is 0 Å². The second-order valence-corrected chi connectivity index (χ2v) is 7.34. The molecule has 1 aliphatic heterocycles. The monoisotopic (exact) mass is 292 g/mol. The second-order valence-electron chi connectivity index (χ2n) is 7.34. The van der Waals surface area contributed by atoms with Crippen LogP contribution in [0.1, 0.15) is 65.2 Å². The Morgan fingerprint density at radius 2 is 1.71 bits per heavy atom. The Hall–Kier alpha value is -0.900. The number of likely N-dealkylation sites (tertiary alicyclic amines) is 1. The van der Waals surface area contributed by atoms with Gasteiger partial charge in [0.15, 0.2) is 0 Å². The van der Waals surface area contributed by atoms with Gasteiger partial charge in [-0.3, -0.25) is 14.5 Å². The van der Waals surface area contributed by atoms with Crippen molar-refractivity contribution in [1.82, 2.24) is 10.2 Å². The molecule has 0 spiro atoms. The third kappa shape index (κ3) is 2.87. The molecule has 3 fully saturated rings. The minimum absolute atomic E-state index is 0.0404. The number of nitrogens with one attached hydrogen (secondary N) is 1. The van der Waals surface area contributed by atoms with Crippen molar-refractivity contribution >= 4 is 11.8 Å². The lowest BCUT2D eigenvalue weighted by Crippen LogP contribution is -2.47. The van der Waals surface area contributed by atoms with Crippen molar-refractivity contribution in [3.63, 3.8) is 0 Å². The molecule has 4 unspecified atom stereocenters. The Morgan fingerprint density at radius 1 is 1.00 bits per heavy atom. The molecule has 0 bridgehead atoms. The maximum absolute atomic E-state index is 12.6. The summed E-state index contributed by atoms with van der Waals surface area (Å²) < 4.78 is 0. The van der Waals surface area contributed by atoms with Crippen LogP contribution in [0.3, 0.4) is 0 Å². The van der Waals surface area contributed by atoms with Crippen molar-refractivity contribution in [2.75, 3.05) is 0 Å². The summed E-state index contributed by atoms with van der Waals surface area (Å²) >= 11 is 0. The molecule has 0 aromatic heterocycles. The fraction of sp³-hybridized carbons (Fsp3) is 0.882. The molecular formula is C17H28N2O2. The molecule has 3 aliphatic rings. The van der Waals surface area contributed by atoms with E-state index < -0.39 is 0 Å². The first-order chi connectivity index (χ1) is 10.1. The molecule has 4 atom stereocenters. The molecular weight excluding hydrogens is 264 g/mol. The molecule has 2 saturated carbocycles. The van der Waals surface area contributed by atoms with Crippen LogP contribution in [0.5, 0.6) is 0 Å². The van der Waals surface area contributed by atoms with Crippen LogP contribution in [0.15, 0.2) is 0 Å². The van der Waals surface area contributed by atoms with Crippen LogP contribution < -0.4 is 5.32 Å². The lowest BCUT2D eigenvalue weighted by Gasteiger charge is -2.30. The van der Waals surface area contributed by atoms with E-state index in [-0.39, 0.29) is 23.9 Å². The highest BCUT2D eigenvalue weighted by Gasteiger charge is 2.44. The smallest absolute Gasteiger partial charge is 0.247 e. The van der Waals surface area contributed by atoms with E-state index in [0.29, 0.717) is 24.3 Å². The number of hydrogen-bond acceptors (Lipinski definition) is 3. The molecule has 1 N–H and O–H groups in total. The molecule has 21 heavy (non-hydrogen) atoms. The van der Waals surface area contributed by atoms with Gasteiger partial charge < -0.3 is 5.32 Å². The summed E-state index contributed by atoms with van der Waals surface area (Å²) in [5, 5.41) is 3.50. The van der Waals surface area contributed by atoms with Gasteiger partial charge in [0, 0.05) is 12.1 Å². The van der Waals surface area contributed by atoms with Crippen molar-refractivity contribution in [2.24, 2.45) is 11.8 Å². The largest absolute Gasteiger partial charge is 0.302 e. The van der Waals surface area contributed by atoms with Crippen LogP contribution in [-0.2, 0) is 9.59 Å². The number of hydrogen-bond donors (Lipinski definition) is 1. The Balaban J connectivity index is 1.63. The van der Waals surface area contributed by atoms with Crippen molar-refractivity contribution < 1.29 is 9.59 Å². The topological polar surface area (TPSA) is 49.4 Å². The highest BCUT2D eigenvalue weighted by atomic mass is 16.2. The fourth-order valence-electron chi connectivity index (χ4n) is 4.36. The average Bonchev–Trinajstić information content (AvgIpc) is 2.94. The van der Waals surface area contributed by atoms with E-state index in [2.05, 4.69) is 19.2 Å². The summed E-state index contributed by atoms with van der Waals surface area (Å²) in [4.78, 5) is 26.5. The van der Waals surface area contributed by atoms with Gasteiger partial charge in [0.1, 0.15) is 0 Å². The van der Waals surface area contributed by atoms with Gasteiger partial charge in [0.2, 0.25) is 11.8 Å². The Morgan fingerprint density at radius 3 is 2.33 bits per heavy atom. The third-order valence-corrected chi connectivity index (χ3v) is 6.00. The normalized spacial score (nSPS) is 38.5. The number of amides is 2. The van der Waals surface area contributed by atoms with E-state index in [0.717, 1.165) is 32.1 Å². The van der Waals surface area contributed by atoms with Crippen molar-refractivity contribution in [1.29, 1.82) is 0 Å². The molecule has 0 aromatic rings. The third-order valence-electron chi connectivity index (χ3n) is 6.00. The van der Waals surface area contributed by atoms with Gasteiger partial charge >= 0.3 is 0 Å². The Bertz CT molecular complexity index is 417. The summed E-state index contributed by atoms with van der Waals surface area (Å²) in [6.07, 6.45) is 8.26. The minimum Gasteiger partial charge on any atom is -0.302 e. The molecule has 4 heteroatoms. The molecule has 118 valence electrons. The van der Waals surface area contributed by atoms with Crippen molar-refractivity contribution in [3.05, 3.63) is 0 Å². The number of rotatable bonds is 3. The molecule has 2 amide bonds. The van der Waals surface area contributed by atoms with Gasteiger partial charge in [-0.25, -0.2) is 0 Å². The van der Waals surface area contributed by atoms with Crippen LogP contribution >= 0.6 is 0 Å². The number of nitrogens with zero attached hydrogens (tertiary/aromatic N) is 1. The zero-order valence-corrected chi connectivity index (χ0v) is 13.3. The predicted molar refractivity (Wildman–Crippen MR) is 81.6 cm³/mol. The summed E-state index contributed by atoms with van der Waals surface area (Å²) in [7, 11) is 0. The molecule has 1 heterocycles. The number of carbonyl (C=O) groups is 2. The Kier molecular flexibility index (Phi) is 4.34. The maximum Gasteiger partial charge on any atom is 0.247 e. The number of carbonyl (C=O) groups excluding carboxylic acids is 2. The van der Waals surface area contributed by atoms with E-state index in [4.69, 9.17) is 0 Å². The molecule has 4 nitrogen and oxygen atoms in total. The lowest BCUT2D eigenvalue weighted by atomic mass is 9.94. The van der Waals surface area contributed by atoms with Crippen LogP contribution in [0.2, 0.25) is 0 Å². The van der Waals surface area contributed by atoms with Gasteiger partial charge in [-0.05, 0) is 37.5 Å².